The molecule has 0 N–H and O–H groups in total. The van der Waals surface area contributed by atoms with Crippen LogP contribution in [0.1, 0.15) is 25.0 Å². The summed E-state index contributed by atoms with van der Waals surface area (Å²) in [6.07, 6.45) is 0. The zero-order valence-corrected chi connectivity index (χ0v) is 18.1. The van der Waals surface area contributed by atoms with Crippen molar-refractivity contribution in [3.8, 4) is 11.1 Å². The lowest BCUT2D eigenvalue weighted by Gasteiger charge is -2.42. The molecule has 0 spiro atoms. The van der Waals surface area contributed by atoms with Gasteiger partial charge in [0.25, 0.3) is 0 Å². The van der Waals surface area contributed by atoms with Crippen LogP contribution < -0.4 is 4.90 Å². The van der Waals surface area contributed by atoms with E-state index in [4.69, 9.17) is 0 Å². The molecule has 0 saturated heterocycles. The fourth-order valence-electron chi connectivity index (χ4n) is 4.38. The van der Waals surface area contributed by atoms with Gasteiger partial charge in [0.15, 0.2) is 0 Å². The maximum absolute atomic E-state index is 3.69. The Kier molecular flexibility index (Phi) is 4.33. The summed E-state index contributed by atoms with van der Waals surface area (Å²) in [5, 5.41) is 0. The lowest BCUT2D eigenvalue weighted by molar-refractivity contribution is 0.631. The van der Waals surface area contributed by atoms with Gasteiger partial charge in [0.05, 0.1) is 11.4 Å². The van der Waals surface area contributed by atoms with Crippen LogP contribution in [-0.4, -0.2) is 0 Å². The molecule has 0 aromatic heterocycles. The second-order valence-electron chi connectivity index (χ2n) is 8.06. The maximum Gasteiger partial charge on any atom is 0.0503 e. The number of rotatable bonds is 2. The molecule has 0 radical (unpaired) electrons. The first-order chi connectivity index (χ1) is 14.1. The minimum Gasteiger partial charge on any atom is -0.310 e. The minimum absolute atomic E-state index is 0.107. The molecular weight excluding hydrogens is 418 g/mol. The fourth-order valence-corrected chi connectivity index (χ4v) is 4.74. The van der Waals surface area contributed by atoms with Gasteiger partial charge in [-0.2, -0.15) is 0 Å². The quantitative estimate of drug-likeness (QED) is 0.304. The highest BCUT2D eigenvalue weighted by Crippen LogP contribution is 2.52. The first-order valence-electron chi connectivity index (χ1n) is 9.91. The van der Waals surface area contributed by atoms with Gasteiger partial charge in [0, 0.05) is 15.6 Å². The van der Waals surface area contributed by atoms with Gasteiger partial charge in [-0.1, -0.05) is 84.4 Å². The highest BCUT2D eigenvalue weighted by molar-refractivity contribution is 9.10. The first kappa shape index (κ1) is 18.2. The Balaban J connectivity index is 1.79. The number of hydrogen-bond acceptors (Lipinski definition) is 1. The van der Waals surface area contributed by atoms with E-state index in [9.17, 15) is 0 Å². The number of para-hydroxylation sites is 1. The molecule has 5 rings (SSSR count). The molecule has 1 nitrogen and oxygen atoms in total. The highest BCUT2D eigenvalue weighted by atomic mass is 79.9. The van der Waals surface area contributed by atoms with Crippen LogP contribution in [0.5, 0.6) is 0 Å². The van der Waals surface area contributed by atoms with E-state index in [-0.39, 0.29) is 5.41 Å². The summed E-state index contributed by atoms with van der Waals surface area (Å²) in [6, 6.07) is 34.8. The van der Waals surface area contributed by atoms with Gasteiger partial charge in [-0.05, 0) is 64.7 Å². The summed E-state index contributed by atoms with van der Waals surface area (Å²) >= 11 is 3.69. The summed E-state index contributed by atoms with van der Waals surface area (Å²) in [5.74, 6) is 0. The Morgan fingerprint density at radius 3 is 1.90 bits per heavy atom. The lowest BCUT2D eigenvalue weighted by atomic mass is 9.73. The van der Waals surface area contributed by atoms with E-state index >= 15 is 0 Å². The second-order valence-corrected chi connectivity index (χ2v) is 8.97. The Morgan fingerprint density at radius 1 is 0.621 bits per heavy atom. The molecule has 0 bridgehead atoms. The minimum atomic E-state index is -0.107. The lowest BCUT2D eigenvalue weighted by Crippen LogP contribution is -2.30. The topological polar surface area (TPSA) is 3.24 Å². The predicted octanol–water partition coefficient (Wildman–Crippen LogP) is 8.23. The van der Waals surface area contributed by atoms with E-state index in [1.807, 2.05) is 0 Å². The van der Waals surface area contributed by atoms with Gasteiger partial charge >= 0.3 is 0 Å². The summed E-state index contributed by atoms with van der Waals surface area (Å²) in [4.78, 5) is 2.39. The summed E-state index contributed by atoms with van der Waals surface area (Å²) in [7, 11) is 0. The Morgan fingerprint density at radius 2 is 1.21 bits per heavy atom. The third kappa shape index (κ3) is 2.99. The van der Waals surface area contributed by atoms with Gasteiger partial charge in [-0.15, -0.1) is 0 Å². The van der Waals surface area contributed by atoms with Crippen LogP contribution in [0.15, 0.2) is 102 Å². The van der Waals surface area contributed by atoms with Crippen molar-refractivity contribution in [2.45, 2.75) is 19.3 Å². The van der Waals surface area contributed by atoms with E-state index in [2.05, 4.69) is 132 Å². The molecule has 0 unspecified atom stereocenters. The van der Waals surface area contributed by atoms with E-state index in [0.29, 0.717) is 0 Å². The zero-order valence-electron chi connectivity index (χ0n) is 16.6. The average Bonchev–Trinajstić information content (AvgIpc) is 2.76. The van der Waals surface area contributed by atoms with E-state index < -0.39 is 0 Å². The molecule has 1 heterocycles. The molecule has 0 atom stereocenters. The third-order valence-corrected chi connectivity index (χ3v) is 6.40. The molecule has 1 aliphatic rings. The number of benzene rings is 4. The van der Waals surface area contributed by atoms with Crippen LogP contribution >= 0.6 is 15.9 Å². The van der Waals surface area contributed by atoms with Crippen molar-refractivity contribution in [1.82, 2.24) is 0 Å². The largest absolute Gasteiger partial charge is 0.310 e. The van der Waals surface area contributed by atoms with Gasteiger partial charge in [-0.25, -0.2) is 0 Å². The molecule has 4 aromatic carbocycles. The molecular formula is C27H22BrN. The molecule has 0 amide bonds. The molecule has 4 aromatic rings. The molecule has 142 valence electrons. The number of hydrogen-bond donors (Lipinski definition) is 0. The molecule has 0 fully saturated rings. The van der Waals surface area contributed by atoms with Crippen molar-refractivity contribution in [3.05, 3.63) is 113 Å². The fraction of sp³-hybridized carbons (Fsp3) is 0.111. The highest BCUT2D eigenvalue weighted by Gasteiger charge is 2.37. The Labute approximate surface area is 180 Å². The van der Waals surface area contributed by atoms with E-state index in [1.54, 1.807) is 0 Å². The van der Waals surface area contributed by atoms with Gasteiger partial charge in [0.2, 0.25) is 0 Å². The van der Waals surface area contributed by atoms with Crippen LogP contribution in [0.3, 0.4) is 0 Å². The Hall–Kier alpha value is -2.84. The van der Waals surface area contributed by atoms with Gasteiger partial charge in [-0.3, -0.25) is 0 Å². The Bertz CT molecular complexity index is 1180. The second kappa shape index (κ2) is 6.89. The van der Waals surface area contributed by atoms with Crippen molar-refractivity contribution in [2.75, 3.05) is 4.90 Å². The van der Waals surface area contributed by atoms with Crippen molar-refractivity contribution < 1.29 is 0 Å². The molecule has 2 heteroatoms. The predicted molar refractivity (Wildman–Crippen MR) is 126 cm³/mol. The average molecular weight is 440 g/mol. The van der Waals surface area contributed by atoms with E-state index in [1.165, 1.54) is 39.3 Å². The van der Waals surface area contributed by atoms with Crippen LogP contribution in [0.2, 0.25) is 0 Å². The third-order valence-electron chi connectivity index (χ3n) is 5.91. The molecule has 29 heavy (non-hydrogen) atoms. The van der Waals surface area contributed by atoms with Crippen LogP contribution in [0.25, 0.3) is 11.1 Å². The van der Waals surface area contributed by atoms with Crippen molar-refractivity contribution in [2.24, 2.45) is 0 Å². The maximum atomic E-state index is 3.69. The van der Waals surface area contributed by atoms with Crippen molar-refractivity contribution >= 4 is 33.0 Å². The molecule has 0 saturated carbocycles. The summed E-state index contributed by atoms with van der Waals surface area (Å²) in [6.45, 7) is 4.66. The standard InChI is InChI=1S/C27H22BrN/c1-27(2)23-17-20(19-9-5-3-6-10-19)13-15-25(23)29(22-11-7-4-8-12-22)26-16-14-21(28)18-24(26)27/h3-18H,1-2H3. The van der Waals surface area contributed by atoms with E-state index in [0.717, 1.165) is 4.47 Å². The van der Waals surface area contributed by atoms with Crippen molar-refractivity contribution in [3.63, 3.8) is 0 Å². The summed E-state index contributed by atoms with van der Waals surface area (Å²) in [5.41, 5.74) is 8.73. The monoisotopic (exact) mass is 439 g/mol. The first-order valence-corrected chi connectivity index (χ1v) is 10.7. The number of halogens is 1. The van der Waals surface area contributed by atoms with Gasteiger partial charge in [0.1, 0.15) is 0 Å². The van der Waals surface area contributed by atoms with Crippen LogP contribution in [-0.2, 0) is 5.41 Å². The number of anilines is 3. The number of fused-ring (bicyclic) bond motifs is 2. The molecule has 1 aliphatic heterocycles. The van der Waals surface area contributed by atoms with Crippen LogP contribution in [0.4, 0.5) is 17.1 Å². The molecule has 0 aliphatic carbocycles. The van der Waals surface area contributed by atoms with Crippen molar-refractivity contribution in [1.29, 1.82) is 0 Å². The SMILES string of the molecule is CC1(C)c2cc(Br)ccc2N(c2ccccc2)c2ccc(-c3ccccc3)cc21. The summed E-state index contributed by atoms with van der Waals surface area (Å²) < 4.78 is 1.11. The number of nitrogens with zero attached hydrogens (tertiary/aromatic N) is 1. The zero-order chi connectivity index (χ0) is 20.0. The normalized spacial score (nSPS) is 14.2. The van der Waals surface area contributed by atoms with Gasteiger partial charge < -0.3 is 4.90 Å². The van der Waals surface area contributed by atoms with Crippen LogP contribution in [0, 0.1) is 0 Å². The smallest absolute Gasteiger partial charge is 0.0503 e.